The van der Waals surface area contributed by atoms with Crippen molar-refractivity contribution < 1.29 is 10.2 Å². The molecule has 0 radical (unpaired) electrons. The first-order valence-electron chi connectivity index (χ1n) is 5.64. The van der Waals surface area contributed by atoms with Crippen LogP contribution in [0.25, 0.3) is 0 Å². The van der Waals surface area contributed by atoms with E-state index >= 15 is 0 Å². The quantitative estimate of drug-likeness (QED) is 0.457. The third-order valence-corrected chi connectivity index (χ3v) is 3.02. The van der Waals surface area contributed by atoms with Crippen LogP contribution in [0, 0.1) is 6.92 Å². The van der Waals surface area contributed by atoms with Crippen LogP contribution in [0.15, 0.2) is 41.5 Å². The predicted octanol–water partition coefficient (Wildman–Crippen LogP) is 3.51. The molecule has 0 heterocycles. The molecule has 0 amide bonds. The molecule has 19 heavy (non-hydrogen) atoms. The molecule has 4 nitrogen and oxygen atoms in total. The summed E-state index contributed by atoms with van der Waals surface area (Å²) in [5, 5.41) is 23.6. The van der Waals surface area contributed by atoms with E-state index < -0.39 is 0 Å². The SMILES string of the molecule is Cc1ccc(N/N=C/c2cccc(O)c2O)cc1Cl. The van der Waals surface area contributed by atoms with E-state index in [1.54, 1.807) is 18.2 Å². The molecule has 2 aromatic carbocycles. The van der Waals surface area contributed by atoms with Gasteiger partial charge in [-0.05, 0) is 36.8 Å². The van der Waals surface area contributed by atoms with Gasteiger partial charge in [0.2, 0.25) is 0 Å². The van der Waals surface area contributed by atoms with Crippen molar-refractivity contribution in [1.82, 2.24) is 0 Å². The zero-order chi connectivity index (χ0) is 13.8. The lowest BCUT2D eigenvalue weighted by molar-refractivity contribution is 0.403. The highest BCUT2D eigenvalue weighted by molar-refractivity contribution is 6.31. The summed E-state index contributed by atoms with van der Waals surface area (Å²) in [5.74, 6) is -0.377. The largest absolute Gasteiger partial charge is 0.504 e. The summed E-state index contributed by atoms with van der Waals surface area (Å²) in [7, 11) is 0. The van der Waals surface area contributed by atoms with Crippen molar-refractivity contribution >= 4 is 23.5 Å². The van der Waals surface area contributed by atoms with Gasteiger partial charge in [0.25, 0.3) is 0 Å². The van der Waals surface area contributed by atoms with E-state index in [1.807, 2.05) is 19.1 Å². The second-order valence-electron chi connectivity index (χ2n) is 4.05. The monoisotopic (exact) mass is 276 g/mol. The fourth-order valence-electron chi connectivity index (χ4n) is 1.49. The van der Waals surface area contributed by atoms with Crippen molar-refractivity contribution in [3.63, 3.8) is 0 Å². The van der Waals surface area contributed by atoms with Gasteiger partial charge in [-0.2, -0.15) is 5.10 Å². The number of aromatic hydroxyl groups is 2. The highest BCUT2D eigenvalue weighted by Crippen LogP contribution is 2.26. The molecule has 0 aliphatic rings. The highest BCUT2D eigenvalue weighted by Gasteiger charge is 2.02. The molecule has 0 atom stereocenters. The fourth-order valence-corrected chi connectivity index (χ4v) is 1.67. The van der Waals surface area contributed by atoms with Gasteiger partial charge in [-0.1, -0.05) is 23.7 Å². The number of phenols is 2. The Morgan fingerprint density at radius 2 is 2.00 bits per heavy atom. The molecular formula is C14H13ClN2O2. The summed E-state index contributed by atoms with van der Waals surface area (Å²) in [6, 6.07) is 10.2. The number of rotatable bonds is 3. The van der Waals surface area contributed by atoms with Crippen molar-refractivity contribution in [2.75, 3.05) is 5.43 Å². The van der Waals surface area contributed by atoms with Gasteiger partial charge in [0.05, 0.1) is 11.9 Å². The maximum absolute atomic E-state index is 9.59. The van der Waals surface area contributed by atoms with E-state index in [0.717, 1.165) is 11.3 Å². The lowest BCUT2D eigenvalue weighted by Crippen LogP contribution is -1.91. The van der Waals surface area contributed by atoms with E-state index in [1.165, 1.54) is 12.3 Å². The third-order valence-electron chi connectivity index (χ3n) is 2.62. The maximum Gasteiger partial charge on any atom is 0.166 e. The first kappa shape index (κ1) is 13.2. The van der Waals surface area contributed by atoms with Crippen LogP contribution >= 0.6 is 11.6 Å². The molecule has 5 heteroatoms. The number of hydrogen-bond acceptors (Lipinski definition) is 4. The van der Waals surface area contributed by atoms with E-state index in [9.17, 15) is 10.2 Å². The smallest absolute Gasteiger partial charge is 0.166 e. The molecule has 0 fully saturated rings. The number of anilines is 1. The van der Waals surface area contributed by atoms with Crippen LogP contribution in [0.4, 0.5) is 5.69 Å². The minimum absolute atomic E-state index is 0.178. The van der Waals surface area contributed by atoms with Crippen LogP contribution in [-0.4, -0.2) is 16.4 Å². The normalized spacial score (nSPS) is 10.8. The Morgan fingerprint density at radius 3 is 2.74 bits per heavy atom. The van der Waals surface area contributed by atoms with E-state index in [0.29, 0.717) is 10.6 Å². The van der Waals surface area contributed by atoms with E-state index in [2.05, 4.69) is 10.5 Å². The van der Waals surface area contributed by atoms with Gasteiger partial charge in [-0.15, -0.1) is 0 Å². The molecule has 0 spiro atoms. The zero-order valence-corrected chi connectivity index (χ0v) is 11.0. The summed E-state index contributed by atoms with van der Waals surface area (Å²) in [6.45, 7) is 1.92. The van der Waals surface area contributed by atoms with Crippen LogP contribution < -0.4 is 5.43 Å². The Hall–Kier alpha value is -2.20. The molecule has 2 rings (SSSR count). The van der Waals surface area contributed by atoms with E-state index in [4.69, 9.17) is 11.6 Å². The Labute approximate surface area is 116 Å². The standard InChI is InChI=1S/C14H13ClN2O2/c1-9-5-6-11(7-12(9)15)17-16-8-10-3-2-4-13(18)14(10)19/h2-8,17-19H,1H3/b16-8+. The second kappa shape index (κ2) is 5.63. The van der Waals surface area contributed by atoms with Crippen LogP contribution in [-0.2, 0) is 0 Å². The number of benzene rings is 2. The Kier molecular flexibility index (Phi) is 3.92. The van der Waals surface area contributed by atoms with Gasteiger partial charge in [0, 0.05) is 10.6 Å². The molecule has 0 aliphatic carbocycles. The minimum Gasteiger partial charge on any atom is -0.504 e. The number of hydrogen-bond donors (Lipinski definition) is 3. The molecule has 0 saturated carbocycles. The molecule has 0 saturated heterocycles. The summed E-state index contributed by atoms with van der Waals surface area (Å²) in [6.07, 6.45) is 1.42. The Morgan fingerprint density at radius 1 is 1.21 bits per heavy atom. The van der Waals surface area contributed by atoms with Gasteiger partial charge >= 0.3 is 0 Å². The number of para-hydroxylation sites is 1. The Bertz CT molecular complexity index is 627. The topological polar surface area (TPSA) is 64.9 Å². The summed E-state index contributed by atoms with van der Waals surface area (Å²) in [5.41, 5.74) is 4.95. The van der Waals surface area contributed by atoms with Crippen molar-refractivity contribution in [1.29, 1.82) is 0 Å². The number of halogens is 1. The molecule has 98 valence electrons. The zero-order valence-electron chi connectivity index (χ0n) is 10.3. The summed E-state index contributed by atoms with van der Waals surface area (Å²) in [4.78, 5) is 0. The molecular weight excluding hydrogens is 264 g/mol. The van der Waals surface area contributed by atoms with E-state index in [-0.39, 0.29) is 11.5 Å². The minimum atomic E-state index is -0.199. The van der Waals surface area contributed by atoms with Crippen molar-refractivity contribution in [2.45, 2.75) is 6.92 Å². The van der Waals surface area contributed by atoms with Crippen molar-refractivity contribution in [2.24, 2.45) is 5.10 Å². The van der Waals surface area contributed by atoms with Gasteiger partial charge in [-0.25, -0.2) is 0 Å². The molecule has 0 aliphatic heterocycles. The predicted molar refractivity (Wildman–Crippen MR) is 77.2 cm³/mol. The van der Waals surface area contributed by atoms with Gasteiger partial charge < -0.3 is 10.2 Å². The molecule has 2 aromatic rings. The Balaban J connectivity index is 2.11. The highest BCUT2D eigenvalue weighted by atomic mass is 35.5. The maximum atomic E-state index is 9.59. The molecule has 0 bridgehead atoms. The number of aryl methyl sites for hydroxylation is 1. The molecule has 3 N–H and O–H groups in total. The first-order chi connectivity index (χ1) is 9.08. The molecule has 0 unspecified atom stereocenters. The average Bonchev–Trinajstić information content (AvgIpc) is 2.39. The average molecular weight is 277 g/mol. The van der Waals surface area contributed by atoms with Gasteiger partial charge in [-0.3, -0.25) is 5.43 Å². The van der Waals surface area contributed by atoms with Gasteiger partial charge in [0.15, 0.2) is 11.5 Å². The lowest BCUT2D eigenvalue weighted by atomic mass is 10.2. The number of hydrazone groups is 1. The van der Waals surface area contributed by atoms with Crippen LogP contribution in [0.1, 0.15) is 11.1 Å². The van der Waals surface area contributed by atoms with Crippen LogP contribution in [0.2, 0.25) is 5.02 Å². The van der Waals surface area contributed by atoms with Crippen LogP contribution in [0.3, 0.4) is 0 Å². The van der Waals surface area contributed by atoms with Gasteiger partial charge in [0.1, 0.15) is 0 Å². The van der Waals surface area contributed by atoms with Crippen LogP contribution in [0.5, 0.6) is 11.5 Å². The van der Waals surface area contributed by atoms with Crippen molar-refractivity contribution in [3.8, 4) is 11.5 Å². The second-order valence-corrected chi connectivity index (χ2v) is 4.46. The third kappa shape index (κ3) is 3.17. The molecule has 0 aromatic heterocycles. The summed E-state index contributed by atoms with van der Waals surface area (Å²) < 4.78 is 0. The van der Waals surface area contributed by atoms with Crippen molar-refractivity contribution in [3.05, 3.63) is 52.5 Å². The first-order valence-corrected chi connectivity index (χ1v) is 6.02. The number of phenolic OH excluding ortho intramolecular Hbond substituents is 2. The summed E-state index contributed by atoms with van der Waals surface area (Å²) >= 11 is 5.99. The number of nitrogens with zero attached hydrogens (tertiary/aromatic N) is 1. The fraction of sp³-hybridized carbons (Fsp3) is 0.0714. The number of nitrogens with one attached hydrogen (secondary N) is 1. The lowest BCUT2D eigenvalue weighted by Gasteiger charge is -2.03.